The van der Waals surface area contributed by atoms with Gasteiger partial charge in [0.25, 0.3) is 0 Å². The summed E-state index contributed by atoms with van der Waals surface area (Å²) in [4.78, 5) is 9.80. The van der Waals surface area contributed by atoms with E-state index in [1.54, 1.807) is 36.4 Å². The van der Waals surface area contributed by atoms with Crippen LogP contribution >= 0.6 is 128 Å². The maximum atomic E-state index is 12.2. The van der Waals surface area contributed by atoms with Crippen molar-refractivity contribution < 1.29 is 119 Å². The molecule has 0 fully saturated rings. The number of aromatic nitrogens is 4. The van der Waals surface area contributed by atoms with Crippen LogP contribution in [-0.2, 0) is 109 Å². The van der Waals surface area contributed by atoms with Crippen LogP contribution in [0.1, 0.15) is 29.8 Å². The van der Waals surface area contributed by atoms with Crippen LogP contribution in [-0.4, -0.2) is 20.2 Å². The van der Waals surface area contributed by atoms with Gasteiger partial charge in [0.05, 0.1) is 0 Å². The zero-order valence-corrected chi connectivity index (χ0v) is 43.2. The van der Waals surface area contributed by atoms with Gasteiger partial charge in [-0.2, -0.15) is 36.3 Å². The van der Waals surface area contributed by atoms with Gasteiger partial charge in [-0.05, 0) is 17.5 Å². The monoisotopic (exact) mass is 1520 g/mol. The van der Waals surface area contributed by atoms with E-state index in [1.807, 2.05) is 41.6 Å². The van der Waals surface area contributed by atoms with E-state index in [2.05, 4.69) is 139 Å². The first-order valence-corrected chi connectivity index (χ1v) is 22.3. The third-order valence-corrected chi connectivity index (χ3v) is 4.41. The van der Waals surface area contributed by atoms with Crippen molar-refractivity contribution in [1.82, 2.24) is 20.3 Å². The minimum Gasteiger partial charge on any atom is -0.693 e. The Labute approximate surface area is 402 Å². The Balaban J connectivity index is -0.000000186. The van der Waals surface area contributed by atoms with Crippen molar-refractivity contribution in [2.75, 3.05) is 0 Å². The molecule has 0 amide bonds. The quantitative estimate of drug-likeness (QED) is 0.0929. The van der Waals surface area contributed by atoms with Crippen molar-refractivity contribution in [2.45, 2.75) is 32.2 Å². The molecule has 0 spiro atoms. The molecule has 8 nitrogen and oxygen atoms in total. The SMILES string of the molecule is CCc1ccc(-c2noc(C(F)(F)F)n2)cc1.IC(I)I.II.NCc1ccc(-c2noc(C(F)(F)F)n2)cc1.[CH2-]I.[NH2-].[V].[Y].[Y]. The third kappa shape index (κ3) is 23.9. The van der Waals surface area contributed by atoms with Crippen molar-refractivity contribution in [3.8, 4) is 22.8 Å². The number of hydrogen-bond acceptors (Lipinski definition) is 7. The summed E-state index contributed by atoms with van der Waals surface area (Å²) in [5.74, 6) is -2.83. The number of nitrogens with zero attached hydrogens (tertiary/aromatic N) is 4. The van der Waals surface area contributed by atoms with Gasteiger partial charge in [-0.1, -0.05) is 134 Å². The van der Waals surface area contributed by atoms with E-state index >= 15 is 0 Å². The Kier molecular flexibility index (Phi) is 40.7. The molecule has 0 aliphatic heterocycles. The molecule has 4 aromatic rings. The molecule has 4 N–H and O–H groups in total. The molecular formula is C23H22F6I6N6O2VY2-2. The molecule has 0 saturated heterocycles. The Bertz CT molecular complexity index is 1190. The Morgan fingerprint density at radius 2 is 1.00 bits per heavy atom. The van der Waals surface area contributed by atoms with Gasteiger partial charge in [0.15, 0.2) is 0 Å². The van der Waals surface area contributed by atoms with Gasteiger partial charge < -0.3 is 43.5 Å². The Hall–Kier alpha value is 3.39. The molecule has 0 aliphatic rings. The number of halogens is 12. The normalized spacial score (nSPS) is 9.74. The largest absolute Gasteiger partial charge is 0.693 e. The van der Waals surface area contributed by atoms with Gasteiger partial charge in [0, 0.05) is 139 Å². The maximum Gasteiger partial charge on any atom is 0.471 e. The molecular weight excluding hydrogens is 1500 g/mol. The molecule has 0 atom stereocenters. The van der Waals surface area contributed by atoms with Crippen LogP contribution in [0, 0.1) is 4.93 Å². The number of nitrogens with two attached hydrogens (primary N) is 2. The summed E-state index contributed by atoms with van der Waals surface area (Å²) in [6.07, 6.45) is -8.36. The van der Waals surface area contributed by atoms with Crippen LogP contribution in [0.2, 0.25) is 0 Å². The maximum absolute atomic E-state index is 12.2. The molecule has 2 heterocycles. The first-order valence-electron chi connectivity index (χ1n) is 10.8. The van der Waals surface area contributed by atoms with Gasteiger partial charge in [0.2, 0.25) is 11.6 Å². The van der Waals surface area contributed by atoms with Crippen LogP contribution in [0.5, 0.6) is 0 Å². The zero-order chi connectivity index (χ0) is 32.5. The van der Waals surface area contributed by atoms with E-state index in [4.69, 9.17) is 5.73 Å². The van der Waals surface area contributed by atoms with Gasteiger partial charge in [-0.25, -0.2) is 0 Å². The van der Waals surface area contributed by atoms with Gasteiger partial charge in [-0.3, -0.25) is 4.93 Å². The topological polar surface area (TPSA) is 137 Å². The van der Waals surface area contributed by atoms with Crippen LogP contribution in [0.3, 0.4) is 0 Å². The predicted molar refractivity (Wildman–Crippen MR) is 205 cm³/mol. The number of alkyl halides is 9. The van der Waals surface area contributed by atoms with Crippen molar-refractivity contribution in [1.29, 1.82) is 0 Å². The van der Waals surface area contributed by atoms with Crippen molar-refractivity contribution >= 4 is 128 Å². The fourth-order valence-corrected chi connectivity index (χ4v) is 2.59. The minimum atomic E-state index is -4.62. The number of benzene rings is 2. The molecule has 23 heteroatoms. The second-order valence-electron chi connectivity index (χ2n) is 7.04. The first kappa shape index (κ1) is 58.7. The van der Waals surface area contributed by atoms with E-state index in [0.29, 0.717) is 17.7 Å². The molecule has 2 aromatic heterocycles. The van der Waals surface area contributed by atoms with Gasteiger partial charge in [-0.15, -0.1) is 0 Å². The molecule has 3 radical (unpaired) electrons. The predicted octanol–water partition coefficient (Wildman–Crippen LogP) is 11.8. The first-order chi connectivity index (χ1) is 19.7. The van der Waals surface area contributed by atoms with Crippen LogP contribution in [0.15, 0.2) is 57.6 Å². The molecule has 0 aliphatic carbocycles. The van der Waals surface area contributed by atoms with Gasteiger partial charge >= 0.3 is 24.1 Å². The molecule has 46 heavy (non-hydrogen) atoms. The average molecular weight is 1520 g/mol. The van der Waals surface area contributed by atoms with E-state index in [0.717, 1.165) is 17.5 Å². The smallest absolute Gasteiger partial charge is 0.471 e. The molecule has 4 rings (SSSR count). The van der Waals surface area contributed by atoms with E-state index in [-0.39, 0.29) is 102 Å². The molecule has 0 bridgehead atoms. The molecule has 0 saturated carbocycles. The standard InChI is InChI=1S/C11H9F3N2O.C10H8F3N3O.CHI3.CH2I.I2.H2N.V.2Y/c1-2-7-3-5-8(6-4-7)9-15-10(17-16-9)11(12,13)14;11-10(12,13)9-15-8(16-17-9)7-3-1-6(5-14)2-4-7;2-1(3)4;2*1-2;;;;/h3-6H,2H2,1H3;1-4H,5,14H2;1H;1H2;;1H2;;;/q;;;-1;;-1;;;. The summed E-state index contributed by atoms with van der Waals surface area (Å²) in [6.45, 7) is 2.35. The Morgan fingerprint density at radius 1 is 0.717 bits per heavy atom. The Morgan fingerprint density at radius 3 is 1.22 bits per heavy atom. The summed E-state index contributed by atoms with van der Waals surface area (Å²) < 4.78 is 82.4. The summed E-state index contributed by atoms with van der Waals surface area (Å²) in [5, 5.41) is 6.57. The van der Waals surface area contributed by atoms with Crippen LogP contribution < -0.4 is 5.73 Å². The molecule has 253 valence electrons. The van der Waals surface area contributed by atoms with E-state index in [9.17, 15) is 26.3 Å². The number of rotatable bonds is 4. The van der Waals surface area contributed by atoms with Crippen molar-refractivity contribution in [3.05, 3.63) is 82.5 Å². The zero-order valence-electron chi connectivity index (χ0n) is 23.2. The fourth-order valence-electron chi connectivity index (χ4n) is 2.59. The average Bonchev–Trinajstić information content (AvgIpc) is 3.67. The molecule has 2 aromatic carbocycles. The van der Waals surface area contributed by atoms with Crippen LogP contribution in [0.4, 0.5) is 26.3 Å². The number of hydrogen-bond donors (Lipinski definition) is 1. The second kappa shape index (κ2) is 31.9. The number of aryl methyl sites for hydroxylation is 1. The van der Waals surface area contributed by atoms with Crippen molar-refractivity contribution in [3.63, 3.8) is 0 Å². The summed E-state index contributed by atoms with van der Waals surface area (Å²) in [7, 11) is 0. The van der Waals surface area contributed by atoms with Gasteiger partial charge in [0.1, 0.15) is -0.0619 Å². The fraction of sp³-hybridized carbons (Fsp3) is 0.261. The van der Waals surface area contributed by atoms with Crippen LogP contribution in [0.25, 0.3) is 28.9 Å². The minimum absolute atomic E-state index is 0. The van der Waals surface area contributed by atoms with E-state index in [1.165, 1.54) is 0 Å². The van der Waals surface area contributed by atoms with E-state index < -0.39 is 24.1 Å². The summed E-state index contributed by atoms with van der Waals surface area (Å²) in [5.41, 5.74) is 8.31. The second-order valence-corrected chi connectivity index (χ2v) is 17.9. The summed E-state index contributed by atoms with van der Waals surface area (Å²) in [6, 6.07) is 13.5. The van der Waals surface area contributed by atoms with Crippen molar-refractivity contribution in [2.24, 2.45) is 5.73 Å². The third-order valence-electron chi connectivity index (χ3n) is 4.41. The molecule has 0 unspecified atom stereocenters. The summed E-state index contributed by atoms with van der Waals surface area (Å²) >= 11 is 13.1.